The number of carbonyl (C=O) groups is 1. The monoisotopic (exact) mass is 174 g/mol. The molecule has 0 spiro atoms. The number of rotatable bonds is 1. The Balaban J connectivity index is 0.000001000. The number of amides is 1. The van der Waals surface area contributed by atoms with Gasteiger partial charge in [0, 0.05) is 0 Å². The quantitative estimate of drug-likeness (QED) is 0.342. The van der Waals surface area contributed by atoms with E-state index in [4.69, 9.17) is 5.84 Å². The zero-order valence-electron chi connectivity index (χ0n) is 5.52. The SMILES string of the molecule is Cl.NNC(=O)c1ccnnc1. The Labute approximate surface area is 69.4 Å². The third kappa shape index (κ3) is 2.48. The Kier molecular flexibility index (Phi) is 4.09. The van der Waals surface area contributed by atoms with Gasteiger partial charge >= 0.3 is 0 Å². The highest BCUT2D eigenvalue weighted by Gasteiger charge is 2.00. The van der Waals surface area contributed by atoms with E-state index in [0.29, 0.717) is 5.56 Å². The summed E-state index contributed by atoms with van der Waals surface area (Å²) in [6.45, 7) is 0. The number of nitrogen functional groups attached to an aromatic ring is 1. The lowest BCUT2D eigenvalue weighted by Gasteiger charge is -1.94. The summed E-state index contributed by atoms with van der Waals surface area (Å²) in [7, 11) is 0. The van der Waals surface area contributed by atoms with Crippen LogP contribution < -0.4 is 11.3 Å². The van der Waals surface area contributed by atoms with Crippen molar-refractivity contribution in [2.75, 3.05) is 0 Å². The van der Waals surface area contributed by atoms with Gasteiger partial charge in [-0.2, -0.15) is 10.2 Å². The zero-order chi connectivity index (χ0) is 7.40. The van der Waals surface area contributed by atoms with Gasteiger partial charge in [0.05, 0.1) is 18.0 Å². The van der Waals surface area contributed by atoms with Crippen molar-refractivity contribution in [1.29, 1.82) is 0 Å². The van der Waals surface area contributed by atoms with Gasteiger partial charge in [0.2, 0.25) is 0 Å². The molecule has 0 bridgehead atoms. The average Bonchev–Trinajstić information content (AvgIpc) is 2.05. The van der Waals surface area contributed by atoms with Crippen LogP contribution in [0.1, 0.15) is 10.4 Å². The molecular formula is C5H7ClN4O. The number of hydrazine groups is 1. The first kappa shape index (κ1) is 9.80. The molecule has 0 aromatic carbocycles. The van der Waals surface area contributed by atoms with Gasteiger partial charge in [-0.1, -0.05) is 0 Å². The second-order valence-corrected chi connectivity index (χ2v) is 1.60. The highest BCUT2D eigenvalue weighted by molar-refractivity contribution is 5.93. The molecule has 0 aliphatic heterocycles. The standard InChI is InChI=1S/C5H6N4O.ClH/c6-9-5(10)4-1-2-7-8-3-4;/h1-3H,6H2,(H,9,10);1H. The fourth-order valence-electron chi connectivity index (χ4n) is 0.508. The molecule has 0 saturated heterocycles. The first-order valence-corrected chi connectivity index (χ1v) is 2.62. The normalized spacial score (nSPS) is 8.09. The molecule has 0 saturated carbocycles. The molecule has 1 aromatic rings. The Morgan fingerprint density at radius 1 is 1.55 bits per heavy atom. The molecule has 0 fully saturated rings. The maximum absolute atomic E-state index is 10.7. The molecule has 0 atom stereocenters. The molecule has 1 heterocycles. The summed E-state index contributed by atoms with van der Waals surface area (Å²) in [6.07, 6.45) is 2.76. The van der Waals surface area contributed by atoms with Crippen LogP contribution in [0.2, 0.25) is 0 Å². The van der Waals surface area contributed by atoms with Gasteiger partial charge < -0.3 is 0 Å². The van der Waals surface area contributed by atoms with E-state index in [1.54, 1.807) is 0 Å². The van der Waals surface area contributed by atoms with E-state index in [0.717, 1.165) is 0 Å². The van der Waals surface area contributed by atoms with Crippen LogP contribution in [-0.2, 0) is 0 Å². The number of nitrogens with zero attached hydrogens (tertiary/aromatic N) is 2. The lowest BCUT2D eigenvalue weighted by molar-refractivity contribution is 0.0953. The Morgan fingerprint density at radius 3 is 2.73 bits per heavy atom. The highest BCUT2D eigenvalue weighted by Crippen LogP contribution is 1.90. The van der Waals surface area contributed by atoms with Gasteiger partial charge in [0.15, 0.2) is 0 Å². The molecule has 0 unspecified atom stereocenters. The molecule has 60 valence electrons. The van der Waals surface area contributed by atoms with Gasteiger partial charge in [-0.05, 0) is 6.07 Å². The largest absolute Gasteiger partial charge is 0.290 e. The second-order valence-electron chi connectivity index (χ2n) is 1.60. The van der Waals surface area contributed by atoms with Crippen molar-refractivity contribution in [1.82, 2.24) is 15.6 Å². The minimum Gasteiger partial charge on any atom is -0.290 e. The summed E-state index contributed by atoms with van der Waals surface area (Å²) in [4.78, 5) is 10.7. The van der Waals surface area contributed by atoms with Crippen LogP contribution in [0.15, 0.2) is 18.5 Å². The summed E-state index contributed by atoms with van der Waals surface area (Å²) in [5, 5.41) is 6.98. The molecule has 3 N–H and O–H groups in total. The first-order chi connectivity index (χ1) is 4.84. The van der Waals surface area contributed by atoms with Gasteiger partial charge in [-0.3, -0.25) is 10.2 Å². The van der Waals surface area contributed by atoms with E-state index < -0.39 is 0 Å². The third-order valence-electron chi connectivity index (χ3n) is 0.978. The number of aromatic nitrogens is 2. The van der Waals surface area contributed by atoms with Crippen molar-refractivity contribution in [3.8, 4) is 0 Å². The fraction of sp³-hybridized carbons (Fsp3) is 0. The summed E-state index contributed by atoms with van der Waals surface area (Å²) in [6, 6.07) is 1.52. The Morgan fingerprint density at radius 2 is 2.27 bits per heavy atom. The third-order valence-corrected chi connectivity index (χ3v) is 0.978. The average molecular weight is 175 g/mol. The topological polar surface area (TPSA) is 80.9 Å². The lowest BCUT2D eigenvalue weighted by Crippen LogP contribution is -2.30. The molecule has 0 aliphatic carbocycles. The predicted molar refractivity (Wildman–Crippen MR) is 40.9 cm³/mol. The smallest absolute Gasteiger partial charge is 0.266 e. The Hall–Kier alpha value is -1.20. The molecular weight excluding hydrogens is 168 g/mol. The zero-order valence-corrected chi connectivity index (χ0v) is 6.34. The molecule has 1 amide bonds. The van der Waals surface area contributed by atoms with E-state index in [-0.39, 0.29) is 18.3 Å². The number of halogens is 1. The summed E-state index contributed by atoms with van der Waals surface area (Å²) in [5.41, 5.74) is 2.38. The molecule has 5 nitrogen and oxygen atoms in total. The van der Waals surface area contributed by atoms with Crippen molar-refractivity contribution >= 4 is 18.3 Å². The predicted octanol–water partition coefficient (Wildman–Crippen LogP) is -0.498. The van der Waals surface area contributed by atoms with Crippen molar-refractivity contribution in [3.05, 3.63) is 24.0 Å². The van der Waals surface area contributed by atoms with E-state index in [2.05, 4.69) is 10.2 Å². The van der Waals surface area contributed by atoms with Crippen LogP contribution in [0, 0.1) is 0 Å². The minimum absolute atomic E-state index is 0. The van der Waals surface area contributed by atoms with Crippen LogP contribution in [0.5, 0.6) is 0 Å². The number of hydrogen-bond acceptors (Lipinski definition) is 4. The molecule has 1 rings (SSSR count). The van der Waals surface area contributed by atoms with Crippen molar-refractivity contribution in [2.24, 2.45) is 5.84 Å². The fourth-order valence-corrected chi connectivity index (χ4v) is 0.508. The summed E-state index contributed by atoms with van der Waals surface area (Å²) >= 11 is 0. The molecule has 11 heavy (non-hydrogen) atoms. The molecule has 6 heteroatoms. The summed E-state index contributed by atoms with van der Waals surface area (Å²) in [5.74, 6) is 4.49. The number of carbonyl (C=O) groups excluding carboxylic acids is 1. The lowest BCUT2D eigenvalue weighted by atomic mass is 10.3. The highest BCUT2D eigenvalue weighted by atomic mass is 35.5. The maximum atomic E-state index is 10.7. The second kappa shape index (κ2) is 4.59. The number of hydrogen-bond donors (Lipinski definition) is 2. The van der Waals surface area contributed by atoms with Crippen molar-refractivity contribution < 1.29 is 4.79 Å². The molecule has 0 aliphatic rings. The number of nitrogens with two attached hydrogens (primary N) is 1. The van der Waals surface area contributed by atoms with Crippen LogP contribution in [0.4, 0.5) is 0 Å². The van der Waals surface area contributed by atoms with Crippen LogP contribution in [-0.4, -0.2) is 16.1 Å². The van der Waals surface area contributed by atoms with E-state index >= 15 is 0 Å². The van der Waals surface area contributed by atoms with Gasteiger partial charge in [0.25, 0.3) is 5.91 Å². The van der Waals surface area contributed by atoms with E-state index in [9.17, 15) is 4.79 Å². The maximum Gasteiger partial charge on any atom is 0.266 e. The Bertz CT molecular complexity index is 227. The van der Waals surface area contributed by atoms with Crippen molar-refractivity contribution in [2.45, 2.75) is 0 Å². The van der Waals surface area contributed by atoms with Crippen LogP contribution in [0.25, 0.3) is 0 Å². The minimum atomic E-state index is -0.366. The van der Waals surface area contributed by atoms with Gasteiger partial charge in [0.1, 0.15) is 0 Å². The molecule has 0 radical (unpaired) electrons. The van der Waals surface area contributed by atoms with Crippen molar-refractivity contribution in [3.63, 3.8) is 0 Å². The summed E-state index contributed by atoms with van der Waals surface area (Å²) < 4.78 is 0. The number of nitrogens with one attached hydrogen (secondary N) is 1. The molecule has 1 aromatic heterocycles. The van der Waals surface area contributed by atoms with Gasteiger partial charge in [-0.15, -0.1) is 12.4 Å². The van der Waals surface area contributed by atoms with E-state index in [1.807, 2.05) is 5.43 Å². The van der Waals surface area contributed by atoms with Gasteiger partial charge in [-0.25, -0.2) is 5.84 Å². The van der Waals surface area contributed by atoms with Crippen LogP contribution >= 0.6 is 12.4 Å². The van der Waals surface area contributed by atoms with E-state index in [1.165, 1.54) is 18.5 Å². The first-order valence-electron chi connectivity index (χ1n) is 2.62. The van der Waals surface area contributed by atoms with Crippen LogP contribution in [0.3, 0.4) is 0 Å².